The summed E-state index contributed by atoms with van der Waals surface area (Å²) in [5, 5.41) is 9.69. The molecule has 2 aromatic rings. The van der Waals surface area contributed by atoms with Crippen molar-refractivity contribution in [3.8, 4) is 0 Å². The van der Waals surface area contributed by atoms with Gasteiger partial charge in [-0.1, -0.05) is 61.5 Å². The molecule has 474 valence electrons. The average molecular weight is 1220 g/mol. The highest BCUT2D eigenvalue weighted by Gasteiger charge is 2.63. The van der Waals surface area contributed by atoms with Crippen LogP contribution < -0.4 is 32.7 Å². The summed E-state index contributed by atoms with van der Waals surface area (Å²) >= 11 is 0. The van der Waals surface area contributed by atoms with Crippen LogP contribution in [0.25, 0.3) is 0 Å². The molecule has 4 amide bonds. The Bertz CT molecular complexity index is 2360. The number of rotatable bonds is 39. The number of ether oxygens (including phenoxy) is 10. The van der Waals surface area contributed by atoms with Crippen LogP contribution >= 0.6 is 0 Å². The van der Waals surface area contributed by atoms with Crippen molar-refractivity contribution in [2.24, 2.45) is 11.7 Å². The fourth-order valence-corrected chi connectivity index (χ4v) is 9.32. The second kappa shape index (κ2) is 35.3. The molecule has 0 aliphatic carbocycles. The van der Waals surface area contributed by atoms with Crippen molar-refractivity contribution in [1.29, 1.82) is 0 Å². The molecule has 24 nitrogen and oxygen atoms in total. The van der Waals surface area contributed by atoms with Gasteiger partial charge in [0.15, 0.2) is 16.6 Å². The Labute approximate surface area is 490 Å². The zero-order valence-corrected chi connectivity index (χ0v) is 53.2. The molecule has 3 rings (SSSR count). The van der Waals surface area contributed by atoms with Gasteiger partial charge in [0.1, 0.15) is 30.7 Å². The molecule has 83 heavy (non-hydrogen) atoms. The third kappa shape index (κ3) is 24.8. The molecule has 1 aliphatic heterocycles. The van der Waals surface area contributed by atoms with E-state index in [4.69, 9.17) is 62.0 Å². The first-order valence-electron chi connectivity index (χ1n) is 28.1. The molecule has 5 atom stereocenters. The van der Waals surface area contributed by atoms with Gasteiger partial charge in [-0.15, -0.1) is 0 Å². The molecular weight excluding hydrogens is 1120 g/mol. The van der Waals surface area contributed by atoms with E-state index in [0.29, 0.717) is 83.8 Å². The number of nitrogens with two attached hydrogens (primary N) is 1. The number of amides is 4. The Balaban J connectivity index is 1.57. The van der Waals surface area contributed by atoms with Gasteiger partial charge in [0.2, 0.25) is 18.0 Å². The standard InChI is InChI=1S/C55H95F2N7O17Si2/c1-38(2)45(58)49(67)60-39(3)47(65)61-41-16-15-40(42(35-41)48(66)59-18-20-71-23-24-73-27-28-75-31-32-77-34-33-76-30-29-74-26-25-72-22-21-70-10)36-78-52(69)63-44-17-19-64(51(68)62-44)50-55(56,57)46(81-83(13,14)54(7,8)9)43(80-50)37-79-82(11,12)53(4,5)6/h15-17,19,35,38-39,43,45-46,50H,18,20-34,36-37,58H2,1-14H3,(H,59,66)(H,60,67)(H,61,65)(H,62,63,68,69)/t39-,43+,45-,46+,50+/m0/s1. The SMILES string of the molecule is COCCOCCOCCOCCOCCOCCOCCOCCNC(=O)c1cc(NC(=O)[C@H](C)NC(=O)[C@@H](N)C(C)C)ccc1COC(=O)Nc1ccn([C@@H]2O[C@H](CO[Si](C)(C)C(C)(C)C)[C@@H](O[Si](C)(C)C(C)(C)C)C2(F)F)c(=O)n1. The van der Waals surface area contributed by atoms with Gasteiger partial charge in [-0.05, 0) is 67.3 Å². The number of hydrogen-bond acceptors (Lipinski definition) is 19. The summed E-state index contributed by atoms with van der Waals surface area (Å²) in [7, 11) is -3.63. The predicted octanol–water partition coefficient (Wildman–Crippen LogP) is 5.86. The lowest BCUT2D eigenvalue weighted by Gasteiger charge is -2.41. The summed E-state index contributed by atoms with van der Waals surface area (Å²) in [6.45, 7) is 30.0. The number of halogens is 2. The van der Waals surface area contributed by atoms with E-state index in [1.54, 1.807) is 21.0 Å². The van der Waals surface area contributed by atoms with Crippen LogP contribution in [-0.2, 0) is 72.4 Å². The Kier molecular flexibility index (Phi) is 31.0. The number of carbonyl (C=O) groups excluding carboxylic acids is 4. The largest absolute Gasteiger partial charge is 0.444 e. The third-order valence-corrected chi connectivity index (χ3v) is 23.2. The molecule has 0 bridgehead atoms. The van der Waals surface area contributed by atoms with Crippen molar-refractivity contribution >= 4 is 52.0 Å². The molecular formula is C55H95F2N7O17Si2. The minimum atomic E-state index is -3.71. The first-order valence-corrected chi connectivity index (χ1v) is 33.9. The van der Waals surface area contributed by atoms with Crippen LogP contribution in [0.1, 0.15) is 84.5 Å². The van der Waals surface area contributed by atoms with E-state index in [1.807, 2.05) is 67.7 Å². The fraction of sp³-hybridized carbons (Fsp3) is 0.745. The average Bonchev–Trinajstić information content (AvgIpc) is 2.38. The molecule has 1 aliphatic rings. The molecule has 6 N–H and O–H groups in total. The second-order valence-corrected chi connectivity index (χ2v) is 32.7. The number of aromatic nitrogens is 2. The van der Waals surface area contributed by atoms with Crippen molar-refractivity contribution in [1.82, 2.24) is 20.2 Å². The zero-order chi connectivity index (χ0) is 62.0. The topological polar surface area (TPSA) is 288 Å². The highest BCUT2D eigenvalue weighted by atomic mass is 28.4. The highest BCUT2D eigenvalue weighted by Crippen LogP contribution is 2.48. The van der Waals surface area contributed by atoms with Crippen LogP contribution in [-0.4, -0.2) is 200 Å². The van der Waals surface area contributed by atoms with Gasteiger partial charge < -0.3 is 77.9 Å². The Morgan fingerprint density at radius 3 is 1.72 bits per heavy atom. The van der Waals surface area contributed by atoms with Crippen LogP contribution in [0, 0.1) is 5.92 Å². The number of nitrogens with one attached hydrogen (secondary N) is 4. The lowest BCUT2D eigenvalue weighted by atomic mass is 10.0. The number of hydrogen-bond donors (Lipinski definition) is 5. The molecule has 0 spiro atoms. The van der Waals surface area contributed by atoms with Gasteiger partial charge in [-0.25, -0.2) is 9.59 Å². The number of benzene rings is 1. The Morgan fingerprint density at radius 1 is 0.735 bits per heavy atom. The summed E-state index contributed by atoms with van der Waals surface area (Å²) in [5.74, 6) is -5.92. The molecule has 1 saturated heterocycles. The highest BCUT2D eigenvalue weighted by molar-refractivity contribution is 6.74. The van der Waals surface area contributed by atoms with Crippen molar-refractivity contribution in [3.63, 3.8) is 0 Å². The molecule has 1 aromatic heterocycles. The van der Waals surface area contributed by atoms with E-state index in [2.05, 4.69) is 26.3 Å². The minimum absolute atomic E-state index is 0.00993. The number of anilines is 2. The number of nitrogens with zero attached hydrogens (tertiary/aromatic N) is 2. The van der Waals surface area contributed by atoms with Crippen LogP contribution in [0.2, 0.25) is 36.3 Å². The van der Waals surface area contributed by atoms with Crippen LogP contribution in [0.5, 0.6) is 0 Å². The van der Waals surface area contributed by atoms with Gasteiger partial charge in [0, 0.05) is 36.7 Å². The summed E-state index contributed by atoms with van der Waals surface area (Å²) in [6, 6.07) is 3.60. The van der Waals surface area contributed by atoms with Crippen molar-refractivity contribution in [2.45, 2.75) is 142 Å². The molecule has 1 fully saturated rings. The van der Waals surface area contributed by atoms with Crippen LogP contribution in [0.4, 0.5) is 25.1 Å². The summed E-state index contributed by atoms with van der Waals surface area (Å²) in [5.41, 5.74) is 5.20. The van der Waals surface area contributed by atoms with Crippen molar-refractivity contribution in [2.75, 3.05) is 130 Å². The molecule has 28 heteroatoms. The first-order chi connectivity index (χ1) is 38.9. The number of methoxy groups -OCH3 is 1. The van der Waals surface area contributed by atoms with E-state index in [1.165, 1.54) is 25.1 Å². The van der Waals surface area contributed by atoms with Gasteiger partial charge in [-0.2, -0.15) is 13.8 Å². The maximum atomic E-state index is 16.7. The summed E-state index contributed by atoms with van der Waals surface area (Å²) < 4.78 is 101. The van der Waals surface area contributed by atoms with Crippen molar-refractivity contribution in [3.05, 3.63) is 52.1 Å². The van der Waals surface area contributed by atoms with Gasteiger partial charge in [0.25, 0.3) is 5.91 Å². The quantitative estimate of drug-likeness (QED) is 0.0387. The maximum absolute atomic E-state index is 16.7. The summed E-state index contributed by atoms with van der Waals surface area (Å²) in [4.78, 5) is 70.0. The van der Waals surface area contributed by atoms with E-state index in [9.17, 15) is 24.0 Å². The zero-order valence-electron chi connectivity index (χ0n) is 51.2. The molecule has 2 heterocycles. The lowest BCUT2D eigenvalue weighted by molar-refractivity contribution is -0.138. The normalized spacial score (nSPS) is 17.3. The van der Waals surface area contributed by atoms with E-state index in [-0.39, 0.29) is 66.6 Å². The monoisotopic (exact) mass is 1220 g/mol. The molecule has 0 saturated carbocycles. The van der Waals surface area contributed by atoms with Gasteiger partial charge >= 0.3 is 17.7 Å². The number of carbonyl (C=O) groups is 4. The second-order valence-electron chi connectivity index (χ2n) is 23.2. The number of alkyl halides is 2. The van der Waals surface area contributed by atoms with Gasteiger partial charge in [0.05, 0.1) is 112 Å². The molecule has 0 unspecified atom stereocenters. The van der Waals surface area contributed by atoms with E-state index < -0.39 is 94.2 Å². The fourth-order valence-electron chi connectivity index (χ4n) is 7.01. The molecule has 1 aromatic carbocycles. The van der Waals surface area contributed by atoms with Crippen LogP contribution in [0.15, 0.2) is 35.3 Å². The van der Waals surface area contributed by atoms with Gasteiger partial charge in [-0.3, -0.25) is 24.3 Å². The smallest absolute Gasteiger partial charge is 0.413 e. The van der Waals surface area contributed by atoms with Crippen LogP contribution in [0.3, 0.4) is 0 Å². The van der Waals surface area contributed by atoms with E-state index in [0.717, 1.165) is 12.3 Å². The van der Waals surface area contributed by atoms with Crippen molar-refractivity contribution < 1.29 is 84.2 Å². The van der Waals surface area contributed by atoms with E-state index >= 15 is 8.78 Å². The Hall–Kier alpha value is -4.41. The lowest BCUT2D eigenvalue weighted by Crippen LogP contribution is -2.53. The predicted molar refractivity (Wildman–Crippen MR) is 312 cm³/mol. The molecule has 0 radical (unpaired) electrons. The Morgan fingerprint density at radius 2 is 1.24 bits per heavy atom. The third-order valence-electron chi connectivity index (χ3n) is 14.3. The minimum Gasteiger partial charge on any atom is -0.444 e. The summed E-state index contributed by atoms with van der Waals surface area (Å²) in [6.07, 6.45) is -5.14. The first kappa shape index (κ1) is 72.9. The maximum Gasteiger partial charge on any atom is 0.413 e.